The van der Waals surface area contributed by atoms with Gasteiger partial charge >= 0.3 is 0 Å². The lowest BCUT2D eigenvalue weighted by atomic mass is 9.79. The summed E-state index contributed by atoms with van der Waals surface area (Å²) in [5, 5.41) is 0. The van der Waals surface area contributed by atoms with Crippen molar-refractivity contribution in [2.45, 2.75) is 51.4 Å². The number of amides is 2. The van der Waals surface area contributed by atoms with Gasteiger partial charge in [0.05, 0.1) is 17.9 Å². The van der Waals surface area contributed by atoms with E-state index in [4.69, 9.17) is 4.74 Å². The third-order valence-corrected chi connectivity index (χ3v) is 6.84. The average Bonchev–Trinajstić information content (AvgIpc) is 3.10. The minimum absolute atomic E-state index is 0.0495. The molecular weight excluding hydrogens is 304 g/mol. The lowest BCUT2D eigenvalue weighted by molar-refractivity contribution is -0.139. The second-order valence-corrected chi connectivity index (χ2v) is 8.32. The van der Waals surface area contributed by atoms with E-state index in [-0.39, 0.29) is 17.2 Å². The summed E-state index contributed by atoms with van der Waals surface area (Å²) in [5.41, 5.74) is -0.176. The first kappa shape index (κ1) is 16.4. The van der Waals surface area contributed by atoms with E-state index in [1.54, 1.807) is 0 Å². The molecule has 2 atom stereocenters. The van der Waals surface area contributed by atoms with Crippen molar-refractivity contribution in [3.8, 4) is 0 Å². The van der Waals surface area contributed by atoms with Crippen LogP contribution in [0.4, 0.5) is 0 Å². The van der Waals surface area contributed by atoms with Gasteiger partial charge in [-0.3, -0.25) is 9.59 Å². The van der Waals surface area contributed by atoms with E-state index in [1.165, 1.54) is 19.3 Å². The van der Waals surface area contributed by atoms with Gasteiger partial charge in [-0.05, 0) is 50.9 Å². The molecule has 3 saturated heterocycles. The molecule has 5 nitrogen and oxygen atoms in total. The number of ether oxygens (including phenoxy) is 1. The van der Waals surface area contributed by atoms with Gasteiger partial charge in [-0.1, -0.05) is 6.42 Å². The minimum Gasteiger partial charge on any atom is -0.381 e. The monoisotopic (exact) mass is 334 g/mol. The molecule has 2 amide bonds. The van der Waals surface area contributed by atoms with E-state index in [2.05, 4.69) is 4.90 Å². The SMILES string of the molecule is O=C([C@H]1CCOC1)N1CCC[C@@]2(CC1)CCN(CC1CCC1)C2=O. The molecule has 0 radical (unpaired) electrons. The molecule has 1 spiro atoms. The van der Waals surface area contributed by atoms with Crippen molar-refractivity contribution < 1.29 is 14.3 Å². The van der Waals surface area contributed by atoms with E-state index in [0.29, 0.717) is 19.1 Å². The lowest BCUT2D eigenvalue weighted by Crippen LogP contribution is -2.40. The molecule has 24 heavy (non-hydrogen) atoms. The van der Waals surface area contributed by atoms with Gasteiger partial charge in [0, 0.05) is 32.8 Å². The fourth-order valence-corrected chi connectivity index (χ4v) is 4.92. The normalized spacial score (nSPS) is 34.7. The smallest absolute Gasteiger partial charge is 0.228 e. The number of rotatable bonds is 3. The molecule has 5 heteroatoms. The molecule has 0 N–H and O–H groups in total. The molecule has 3 aliphatic heterocycles. The zero-order valence-corrected chi connectivity index (χ0v) is 14.7. The van der Waals surface area contributed by atoms with E-state index in [0.717, 1.165) is 64.2 Å². The van der Waals surface area contributed by atoms with E-state index >= 15 is 0 Å². The maximum Gasteiger partial charge on any atom is 0.228 e. The van der Waals surface area contributed by atoms with Gasteiger partial charge in [0.2, 0.25) is 11.8 Å². The minimum atomic E-state index is -0.176. The molecule has 0 unspecified atom stereocenters. The van der Waals surface area contributed by atoms with Gasteiger partial charge in [0.25, 0.3) is 0 Å². The van der Waals surface area contributed by atoms with Crippen molar-refractivity contribution in [2.75, 3.05) is 39.4 Å². The Hall–Kier alpha value is -1.10. The molecule has 0 aromatic rings. The Bertz CT molecular complexity index is 499. The van der Waals surface area contributed by atoms with Gasteiger partial charge in [-0.2, -0.15) is 0 Å². The maximum absolute atomic E-state index is 13.0. The number of hydrogen-bond donors (Lipinski definition) is 0. The second kappa shape index (κ2) is 6.66. The molecule has 4 aliphatic rings. The van der Waals surface area contributed by atoms with Gasteiger partial charge in [-0.15, -0.1) is 0 Å². The molecule has 1 saturated carbocycles. The molecule has 0 aromatic carbocycles. The highest BCUT2D eigenvalue weighted by Gasteiger charge is 2.48. The molecule has 3 heterocycles. The predicted molar refractivity (Wildman–Crippen MR) is 90.3 cm³/mol. The van der Waals surface area contributed by atoms with E-state index < -0.39 is 0 Å². The summed E-state index contributed by atoms with van der Waals surface area (Å²) in [6.45, 7) is 4.76. The fourth-order valence-electron chi connectivity index (χ4n) is 4.92. The van der Waals surface area contributed by atoms with E-state index in [9.17, 15) is 9.59 Å². The first-order chi connectivity index (χ1) is 11.7. The highest BCUT2D eigenvalue weighted by molar-refractivity contribution is 5.85. The van der Waals surface area contributed by atoms with Gasteiger partial charge in [0.15, 0.2) is 0 Å². The Balaban J connectivity index is 1.37. The Morgan fingerprint density at radius 2 is 1.92 bits per heavy atom. The predicted octanol–water partition coefficient (Wildman–Crippen LogP) is 2.05. The van der Waals surface area contributed by atoms with Crippen molar-refractivity contribution in [3.05, 3.63) is 0 Å². The summed E-state index contributed by atoms with van der Waals surface area (Å²) in [7, 11) is 0. The molecule has 134 valence electrons. The van der Waals surface area contributed by atoms with Gasteiger partial charge in [0.1, 0.15) is 0 Å². The van der Waals surface area contributed by atoms with Crippen LogP contribution in [0.2, 0.25) is 0 Å². The third-order valence-electron chi connectivity index (χ3n) is 6.84. The summed E-state index contributed by atoms with van der Waals surface area (Å²) in [5.74, 6) is 1.43. The molecule has 4 rings (SSSR count). The Morgan fingerprint density at radius 1 is 1.08 bits per heavy atom. The van der Waals surface area contributed by atoms with Crippen molar-refractivity contribution in [2.24, 2.45) is 17.3 Å². The molecule has 4 fully saturated rings. The first-order valence-corrected chi connectivity index (χ1v) is 9.84. The quantitative estimate of drug-likeness (QED) is 0.794. The largest absolute Gasteiger partial charge is 0.381 e. The Kier molecular flexibility index (Phi) is 4.54. The number of carbonyl (C=O) groups is 2. The van der Waals surface area contributed by atoms with Crippen LogP contribution in [0.5, 0.6) is 0 Å². The number of likely N-dealkylation sites (tertiary alicyclic amines) is 2. The maximum atomic E-state index is 13.0. The molecule has 0 aromatic heterocycles. The van der Waals surface area contributed by atoms with Crippen LogP contribution in [0.15, 0.2) is 0 Å². The van der Waals surface area contributed by atoms with Crippen molar-refractivity contribution in [1.29, 1.82) is 0 Å². The van der Waals surface area contributed by atoms with Crippen LogP contribution in [-0.4, -0.2) is 61.0 Å². The van der Waals surface area contributed by atoms with Crippen LogP contribution in [0, 0.1) is 17.3 Å². The Morgan fingerprint density at radius 3 is 2.62 bits per heavy atom. The second-order valence-electron chi connectivity index (χ2n) is 8.32. The van der Waals surface area contributed by atoms with Crippen LogP contribution in [0.3, 0.4) is 0 Å². The van der Waals surface area contributed by atoms with Crippen LogP contribution in [0.1, 0.15) is 51.4 Å². The summed E-state index contributed by atoms with van der Waals surface area (Å²) in [6, 6.07) is 0. The van der Waals surface area contributed by atoms with Crippen molar-refractivity contribution in [3.63, 3.8) is 0 Å². The molecule has 1 aliphatic carbocycles. The topological polar surface area (TPSA) is 49.9 Å². The number of carbonyl (C=O) groups excluding carboxylic acids is 2. The zero-order valence-electron chi connectivity index (χ0n) is 14.7. The highest BCUT2D eigenvalue weighted by Crippen LogP contribution is 2.43. The summed E-state index contributed by atoms with van der Waals surface area (Å²) >= 11 is 0. The lowest BCUT2D eigenvalue weighted by Gasteiger charge is -2.32. The van der Waals surface area contributed by atoms with Gasteiger partial charge < -0.3 is 14.5 Å². The summed E-state index contributed by atoms with van der Waals surface area (Å²) < 4.78 is 5.37. The van der Waals surface area contributed by atoms with E-state index in [1.807, 2.05) is 4.90 Å². The highest BCUT2D eigenvalue weighted by atomic mass is 16.5. The van der Waals surface area contributed by atoms with Crippen molar-refractivity contribution >= 4 is 11.8 Å². The number of hydrogen-bond acceptors (Lipinski definition) is 3. The van der Waals surface area contributed by atoms with Crippen LogP contribution in [0.25, 0.3) is 0 Å². The standard InChI is InChI=1S/C19H30N2O3/c22-17(16-5-12-24-14-16)20-9-2-6-19(7-10-20)8-11-21(18(19)23)13-15-3-1-4-15/h15-16H,1-14H2/t16-,19+/m0/s1. The third kappa shape index (κ3) is 2.96. The fraction of sp³-hybridized carbons (Fsp3) is 0.895. The molecule has 0 bridgehead atoms. The number of nitrogens with zero attached hydrogens (tertiary/aromatic N) is 2. The zero-order chi connectivity index (χ0) is 16.6. The van der Waals surface area contributed by atoms with Gasteiger partial charge in [-0.25, -0.2) is 0 Å². The summed E-state index contributed by atoms with van der Waals surface area (Å²) in [6.07, 6.45) is 8.54. The van der Waals surface area contributed by atoms with Crippen molar-refractivity contribution in [1.82, 2.24) is 9.80 Å². The molecular formula is C19H30N2O3. The van der Waals surface area contributed by atoms with Crippen LogP contribution >= 0.6 is 0 Å². The van der Waals surface area contributed by atoms with Crippen LogP contribution < -0.4 is 0 Å². The average molecular weight is 334 g/mol. The first-order valence-electron chi connectivity index (χ1n) is 9.84. The summed E-state index contributed by atoms with van der Waals surface area (Å²) in [4.78, 5) is 29.8. The Labute approximate surface area is 144 Å². The van der Waals surface area contributed by atoms with Crippen LogP contribution in [-0.2, 0) is 14.3 Å².